The van der Waals surface area contributed by atoms with E-state index in [-0.39, 0.29) is 11.8 Å². The third-order valence-electron chi connectivity index (χ3n) is 2.75. The Morgan fingerprint density at radius 1 is 1.61 bits per heavy atom. The number of Topliss-reactive ketones (excluding diaryl/α,β-unsaturated/α-hetero) is 1. The first-order valence-corrected chi connectivity index (χ1v) is 6.38. The highest BCUT2D eigenvalue weighted by molar-refractivity contribution is 6.32. The Balaban J connectivity index is 2.12. The average Bonchev–Trinajstić information content (AvgIpc) is 2.41. The second kappa shape index (κ2) is 6.18. The molecule has 1 atom stereocenters. The zero-order chi connectivity index (χ0) is 13.0. The maximum absolute atomic E-state index is 12.2. The van der Waals surface area contributed by atoms with E-state index in [0.717, 1.165) is 0 Å². The number of nitrogens with one attached hydrogen (secondary N) is 1. The molecule has 2 rings (SSSR count). The number of carbonyl (C=O) groups is 1. The number of morpholine rings is 1. The van der Waals surface area contributed by atoms with E-state index in [1.165, 1.54) is 0 Å². The highest BCUT2D eigenvalue weighted by Gasteiger charge is 2.23. The highest BCUT2D eigenvalue weighted by Crippen LogP contribution is 2.26. The standard InChI is InChI=1S/C13H16ClNO3/c1-2-18-12-4-3-9(7-10(12)14)13(16)11-8-17-6-5-15-11/h3-4,7,11,15H,2,5-6,8H2,1H3. The molecule has 1 aliphatic rings. The van der Waals surface area contributed by atoms with E-state index in [1.807, 2.05) is 6.92 Å². The van der Waals surface area contributed by atoms with Crippen molar-refractivity contribution >= 4 is 17.4 Å². The smallest absolute Gasteiger partial charge is 0.182 e. The van der Waals surface area contributed by atoms with Crippen LogP contribution in [0.3, 0.4) is 0 Å². The van der Waals surface area contributed by atoms with Crippen LogP contribution in [0.15, 0.2) is 18.2 Å². The van der Waals surface area contributed by atoms with Gasteiger partial charge in [0.25, 0.3) is 0 Å². The average molecular weight is 270 g/mol. The van der Waals surface area contributed by atoms with Gasteiger partial charge in [0.15, 0.2) is 5.78 Å². The van der Waals surface area contributed by atoms with Gasteiger partial charge in [-0.2, -0.15) is 0 Å². The third kappa shape index (κ3) is 3.02. The highest BCUT2D eigenvalue weighted by atomic mass is 35.5. The molecule has 4 nitrogen and oxygen atoms in total. The van der Waals surface area contributed by atoms with Gasteiger partial charge in [-0.05, 0) is 25.1 Å². The van der Waals surface area contributed by atoms with Crippen molar-refractivity contribution in [3.63, 3.8) is 0 Å². The third-order valence-corrected chi connectivity index (χ3v) is 3.05. The molecule has 0 bridgehead atoms. The van der Waals surface area contributed by atoms with Crippen LogP contribution in [-0.2, 0) is 4.74 Å². The van der Waals surface area contributed by atoms with Gasteiger partial charge in [0, 0.05) is 12.1 Å². The van der Waals surface area contributed by atoms with Gasteiger partial charge in [-0.3, -0.25) is 4.79 Å². The van der Waals surface area contributed by atoms with Crippen LogP contribution in [-0.4, -0.2) is 38.2 Å². The lowest BCUT2D eigenvalue weighted by atomic mass is 10.0. The summed E-state index contributed by atoms with van der Waals surface area (Å²) in [6, 6.07) is 4.82. The number of hydrogen-bond donors (Lipinski definition) is 1. The van der Waals surface area contributed by atoms with Gasteiger partial charge in [-0.1, -0.05) is 11.6 Å². The molecule has 0 radical (unpaired) electrons. The van der Waals surface area contributed by atoms with Gasteiger partial charge in [0.1, 0.15) is 5.75 Å². The Morgan fingerprint density at radius 2 is 2.44 bits per heavy atom. The fourth-order valence-corrected chi connectivity index (χ4v) is 2.10. The predicted octanol–water partition coefficient (Wildman–Crippen LogP) is 1.91. The molecule has 1 aromatic rings. The van der Waals surface area contributed by atoms with Crippen LogP contribution in [0.5, 0.6) is 5.75 Å². The first kappa shape index (κ1) is 13.3. The molecule has 1 saturated heterocycles. The molecule has 0 amide bonds. The van der Waals surface area contributed by atoms with Gasteiger partial charge in [-0.25, -0.2) is 0 Å². The molecule has 1 aromatic carbocycles. The summed E-state index contributed by atoms with van der Waals surface area (Å²) in [6.45, 7) is 4.18. The topological polar surface area (TPSA) is 47.6 Å². The maximum atomic E-state index is 12.2. The zero-order valence-corrected chi connectivity index (χ0v) is 11.0. The summed E-state index contributed by atoms with van der Waals surface area (Å²) < 4.78 is 10.6. The van der Waals surface area contributed by atoms with E-state index in [0.29, 0.717) is 42.7 Å². The molecule has 0 spiro atoms. The molecule has 5 heteroatoms. The quantitative estimate of drug-likeness (QED) is 0.849. The predicted molar refractivity (Wildman–Crippen MR) is 69.6 cm³/mol. The van der Waals surface area contributed by atoms with Crippen molar-refractivity contribution in [2.45, 2.75) is 13.0 Å². The van der Waals surface area contributed by atoms with E-state index in [4.69, 9.17) is 21.1 Å². The molecular formula is C13H16ClNO3. The fraction of sp³-hybridized carbons (Fsp3) is 0.462. The summed E-state index contributed by atoms with van der Waals surface area (Å²) in [4.78, 5) is 12.2. The lowest BCUT2D eigenvalue weighted by Gasteiger charge is -2.22. The van der Waals surface area contributed by atoms with Crippen molar-refractivity contribution in [1.29, 1.82) is 0 Å². The molecule has 1 aliphatic heterocycles. The van der Waals surface area contributed by atoms with Crippen LogP contribution in [0.1, 0.15) is 17.3 Å². The van der Waals surface area contributed by atoms with Crippen LogP contribution in [0, 0.1) is 0 Å². The Labute approximate surface area is 111 Å². The lowest BCUT2D eigenvalue weighted by Crippen LogP contribution is -2.46. The van der Waals surface area contributed by atoms with Gasteiger partial charge in [-0.15, -0.1) is 0 Å². The van der Waals surface area contributed by atoms with Crippen molar-refractivity contribution in [1.82, 2.24) is 5.32 Å². The summed E-state index contributed by atoms with van der Waals surface area (Å²) in [5, 5.41) is 3.59. The lowest BCUT2D eigenvalue weighted by molar-refractivity contribution is 0.0607. The van der Waals surface area contributed by atoms with E-state index >= 15 is 0 Å². The van der Waals surface area contributed by atoms with Gasteiger partial charge in [0.05, 0.1) is 30.9 Å². The maximum Gasteiger partial charge on any atom is 0.182 e. The Kier molecular flexibility index (Phi) is 4.58. The first-order chi connectivity index (χ1) is 8.72. The second-order valence-corrected chi connectivity index (χ2v) is 4.43. The molecule has 1 fully saturated rings. The van der Waals surface area contributed by atoms with Crippen molar-refractivity contribution in [2.24, 2.45) is 0 Å². The Morgan fingerprint density at radius 3 is 3.06 bits per heavy atom. The van der Waals surface area contributed by atoms with Crippen LogP contribution < -0.4 is 10.1 Å². The summed E-state index contributed by atoms with van der Waals surface area (Å²) in [7, 11) is 0. The summed E-state index contributed by atoms with van der Waals surface area (Å²) in [5.74, 6) is 0.600. The number of ketones is 1. The summed E-state index contributed by atoms with van der Waals surface area (Å²) >= 11 is 6.06. The Hall–Kier alpha value is -1.10. The number of benzene rings is 1. The summed E-state index contributed by atoms with van der Waals surface area (Å²) in [5.41, 5.74) is 0.575. The van der Waals surface area contributed by atoms with E-state index in [1.54, 1.807) is 18.2 Å². The van der Waals surface area contributed by atoms with Crippen LogP contribution in [0.4, 0.5) is 0 Å². The summed E-state index contributed by atoms with van der Waals surface area (Å²) in [6.07, 6.45) is 0. The van der Waals surface area contributed by atoms with E-state index < -0.39 is 0 Å². The van der Waals surface area contributed by atoms with Gasteiger partial charge >= 0.3 is 0 Å². The van der Waals surface area contributed by atoms with Crippen molar-refractivity contribution < 1.29 is 14.3 Å². The molecule has 0 aliphatic carbocycles. The Bertz CT molecular complexity index is 430. The van der Waals surface area contributed by atoms with Crippen molar-refractivity contribution in [3.8, 4) is 5.75 Å². The molecule has 1 unspecified atom stereocenters. The second-order valence-electron chi connectivity index (χ2n) is 4.02. The number of rotatable bonds is 4. The van der Waals surface area contributed by atoms with E-state index in [2.05, 4.69) is 5.32 Å². The minimum absolute atomic E-state index is 0.000325. The van der Waals surface area contributed by atoms with E-state index in [9.17, 15) is 4.79 Å². The molecule has 1 heterocycles. The number of carbonyl (C=O) groups excluding carboxylic acids is 1. The normalized spacial score (nSPS) is 19.6. The van der Waals surface area contributed by atoms with Gasteiger partial charge in [0.2, 0.25) is 0 Å². The fourth-order valence-electron chi connectivity index (χ4n) is 1.86. The monoisotopic (exact) mass is 269 g/mol. The number of ether oxygens (including phenoxy) is 2. The van der Waals surface area contributed by atoms with Crippen LogP contribution in [0.2, 0.25) is 5.02 Å². The van der Waals surface area contributed by atoms with Crippen LogP contribution >= 0.6 is 11.6 Å². The number of hydrogen-bond acceptors (Lipinski definition) is 4. The minimum atomic E-state index is -0.284. The number of halogens is 1. The van der Waals surface area contributed by atoms with Crippen molar-refractivity contribution in [2.75, 3.05) is 26.4 Å². The molecule has 0 aromatic heterocycles. The first-order valence-electron chi connectivity index (χ1n) is 6.00. The molecule has 0 saturated carbocycles. The van der Waals surface area contributed by atoms with Crippen LogP contribution in [0.25, 0.3) is 0 Å². The molecule has 1 N–H and O–H groups in total. The minimum Gasteiger partial charge on any atom is -0.492 e. The van der Waals surface area contributed by atoms with Gasteiger partial charge < -0.3 is 14.8 Å². The zero-order valence-electron chi connectivity index (χ0n) is 10.2. The molecule has 98 valence electrons. The molecular weight excluding hydrogens is 254 g/mol. The largest absolute Gasteiger partial charge is 0.492 e. The SMILES string of the molecule is CCOc1ccc(C(=O)C2COCCN2)cc1Cl. The molecule has 18 heavy (non-hydrogen) atoms. The van der Waals surface area contributed by atoms with Crippen molar-refractivity contribution in [3.05, 3.63) is 28.8 Å².